The summed E-state index contributed by atoms with van der Waals surface area (Å²) in [6.45, 7) is 8.32. The molecule has 0 bridgehead atoms. The maximum absolute atomic E-state index is 11.6. The summed E-state index contributed by atoms with van der Waals surface area (Å²) in [5, 5.41) is 2.80. The first kappa shape index (κ1) is 14.4. The number of hydrogen-bond donors (Lipinski definition) is 2. The summed E-state index contributed by atoms with van der Waals surface area (Å²) in [4.78, 5) is 11.6. The Bertz CT molecular complexity index is 205. The Labute approximate surface area is 92.6 Å². The van der Waals surface area contributed by atoms with E-state index in [0.717, 1.165) is 6.42 Å². The molecule has 0 aliphatic heterocycles. The number of ether oxygens (including phenoxy) is 1. The first-order valence-corrected chi connectivity index (χ1v) is 5.42. The fourth-order valence-corrected chi connectivity index (χ4v) is 1.00. The summed E-state index contributed by atoms with van der Waals surface area (Å²) in [6, 6.07) is -0.428. The highest BCUT2D eigenvalue weighted by molar-refractivity contribution is 5.81. The zero-order valence-electron chi connectivity index (χ0n) is 10.5. The van der Waals surface area contributed by atoms with Crippen LogP contribution in [0.4, 0.5) is 0 Å². The van der Waals surface area contributed by atoms with E-state index in [0.29, 0.717) is 6.54 Å². The van der Waals surface area contributed by atoms with Crippen LogP contribution in [0.5, 0.6) is 0 Å². The molecule has 0 aliphatic carbocycles. The van der Waals surface area contributed by atoms with Crippen LogP contribution >= 0.6 is 0 Å². The second-order valence-electron chi connectivity index (χ2n) is 4.59. The van der Waals surface area contributed by atoms with E-state index >= 15 is 0 Å². The molecule has 0 rings (SSSR count). The number of nitrogens with one attached hydrogen (secondary N) is 1. The summed E-state index contributed by atoms with van der Waals surface area (Å²) in [7, 11) is 1.63. The first-order valence-electron chi connectivity index (χ1n) is 5.42. The summed E-state index contributed by atoms with van der Waals surface area (Å²) in [6.07, 6.45) is 0.905. The maximum Gasteiger partial charge on any atom is 0.237 e. The second-order valence-corrected chi connectivity index (χ2v) is 4.59. The molecular weight excluding hydrogens is 192 g/mol. The van der Waals surface area contributed by atoms with Gasteiger partial charge in [0.15, 0.2) is 0 Å². The van der Waals surface area contributed by atoms with Gasteiger partial charge in [0.25, 0.3) is 0 Å². The molecule has 15 heavy (non-hydrogen) atoms. The molecule has 3 N–H and O–H groups in total. The molecule has 0 aromatic carbocycles. The van der Waals surface area contributed by atoms with Gasteiger partial charge in [-0.15, -0.1) is 0 Å². The van der Waals surface area contributed by atoms with Gasteiger partial charge in [0, 0.05) is 13.7 Å². The molecule has 0 fully saturated rings. The van der Waals surface area contributed by atoms with Crippen molar-refractivity contribution in [2.45, 2.75) is 45.8 Å². The lowest BCUT2D eigenvalue weighted by molar-refractivity contribution is -0.124. The van der Waals surface area contributed by atoms with Crippen molar-refractivity contribution in [3.05, 3.63) is 0 Å². The maximum atomic E-state index is 11.6. The Morgan fingerprint density at radius 1 is 1.53 bits per heavy atom. The third kappa shape index (κ3) is 5.14. The molecule has 0 saturated heterocycles. The molecule has 0 aromatic heterocycles. The Morgan fingerprint density at radius 2 is 2.07 bits per heavy atom. The Kier molecular flexibility index (Phi) is 5.83. The van der Waals surface area contributed by atoms with E-state index in [-0.39, 0.29) is 17.4 Å². The van der Waals surface area contributed by atoms with Gasteiger partial charge in [-0.1, -0.05) is 20.3 Å². The van der Waals surface area contributed by atoms with Crippen LogP contribution in [0.1, 0.15) is 34.1 Å². The largest absolute Gasteiger partial charge is 0.377 e. The van der Waals surface area contributed by atoms with Crippen molar-refractivity contribution in [2.24, 2.45) is 11.7 Å². The molecule has 1 amide bonds. The van der Waals surface area contributed by atoms with Gasteiger partial charge < -0.3 is 15.8 Å². The molecule has 0 aliphatic rings. The standard InChI is InChI=1S/C11H24N2O2/c1-6-8(2)9(12)10(14)13-7-11(3,4)15-5/h8-9H,6-7,12H2,1-5H3,(H,13,14). The highest BCUT2D eigenvalue weighted by Crippen LogP contribution is 2.07. The van der Waals surface area contributed by atoms with Crippen molar-refractivity contribution in [3.8, 4) is 0 Å². The summed E-state index contributed by atoms with van der Waals surface area (Å²) < 4.78 is 5.20. The van der Waals surface area contributed by atoms with Crippen LogP contribution in [0.2, 0.25) is 0 Å². The van der Waals surface area contributed by atoms with E-state index in [4.69, 9.17) is 10.5 Å². The lowest BCUT2D eigenvalue weighted by Gasteiger charge is -2.25. The van der Waals surface area contributed by atoms with E-state index in [2.05, 4.69) is 5.32 Å². The zero-order valence-corrected chi connectivity index (χ0v) is 10.5. The smallest absolute Gasteiger partial charge is 0.237 e. The quantitative estimate of drug-likeness (QED) is 0.693. The van der Waals surface area contributed by atoms with Gasteiger partial charge in [0.05, 0.1) is 11.6 Å². The van der Waals surface area contributed by atoms with Gasteiger partial charge in [-0.2, -0.15) is 0 Å². The number of rotatable bonds is 6. The minimum atomic E-state index is -0.428. The molecular formula is C11H24N2O2. The molecule has 4 heteroatoms. The van der Waals surface area contributed by atoms with Crippen LogP contribution in [0.3, 0.4) is 0 Å². The normalized spacial score (nSPS) is 15.9. The SMILES string of the molecule is CCC(C)C(N)C(=O)NCC(C)(C)OC. The molecule has 0 aromatic rings. The van der Waals surface area contributed by atoms with E-state index in [1.807, 2.05) is 27.7 Å². The van der Waals surface area contributed by atoms with Crippen LogP contribution < -0.4 is 11.1 Å². The number of nitrogens with two attached hydrogens (primary N) is 1. The molecule has 2 unspecified atom stereocenters. The van der Waals surface area contributed by atoms with Crippen molar-refractivity contribution in [3.63, 3.8) is 0 Å². The molecule has 0 saturated carbocycles. The zero-order chi connectivity index (χ0) is 12.1. The van der Waals surface area contributed by atoms with Crippen LogP contribution in [0, 0.1) is 5.92 Å². The third-order valence-corrected chi connectivity index (χ3v) is 2.80. The van der Waals surface area contributed by atoms with Gasteiger partial charge in [0.1, 0.15) is 0 Å². The van der Waals surface area contributed by atoms with Gasteiger partial charge in [-0.05, 0) is 19.8 Å². The van der Waals surface area contributed by atoms with Crippen LogP contribution in [0.15, 0.2) is 0 Å². The number of methoxy groups -OCH3 is 1. The van der Waals surface area contributed by atoms with Crippen molar-refractivity contribution >= 4 is 5.91 Å². The first-order chi connectivity index (χ1) is 6.84. The predicted octanol–water partition coefficient (Wildman–Crippen LogP) is 0.901. The summed E-state index contributed by atoms with van der Waals surface area (Å²) in [5.74, 6) is 0.102. The third-order valence-electron chi connectivity index (χ3n) is 2.80. The summed E-state index contributed by atoms with van der Waals surface area (Å²) >= 11 is 0. The minimum absolute atomic E-state index is 0.102. The predicted molar refractivity (Wildman–Crippen MR) is 61.5 cm³/mol. The monoisotopic (exact) mass is 216 g/mol. The molecule has 0 heterocycles. The molecule has 0 radical (unpaired) electrons. The number of carbonyl (C=O) groups is 1. The average Bonchev–Trinajstić information content (AvgIpc) is 2.23. The van der Waals surface area contributed by atoms with Gasteiger partial charge >= 0.3 is 0 Å². The van der Waals surface area contributed by atoms with Crippen molar-refractivity contribution in [2.75, 3.05) is 13.7 Å². The van der Waals surface area contributed by atoms with E-state index < -0.39 is 6.04 Å². The second kappa shape index (κ2) is 6.08. The van der Waals surface area contributed by atoms with Crippen molar-refractivity contribution in [1.82, 2.24) is 5.32 Å². The van der Waals surface area contributed by atoms with Crippen LogP contribution in [-0.2, 0) is 9.53 Å². The highest BCUT2D eigenvalue weighted by atomic mass is 16.5. The van der Waals surface area contributed by atoms with E-state index in [1.165, 1.54) is 0 Å². The highest BCUT2D eigenvalue weighted by Gasteiger charge is 2.22. The lowest BCUT2D eigenvalue weighted by Crippen LogP contribution is -2.49. The van der Waals surface area contributed by atoms with E-state index in [9.17, 15) is 4.79 Å². The Morgan fingerprint density at radius 3 is 2.47 bits per heavy atom. The fraction of sp³-hybridized carbons (Fsp3) is 0.909. The molecule has 90 valence electrons. The number of hydrogen-bond acceptors (Lipinski definition) is 3. The van der Waals surface area contributed by atoms with Crippen molar-refractivity contribution in [1.29, 1.82) is 0 Å². The molecule has 0 spiro atoms. The van der Waals surface area contributed by atoms with Gasteiger partial charge in [-0.3, -0.25) is 4.79 Å². The Balaban J connectivity index is 4.04. The van der Waals surface area contributed by atoms with E-state index in [1.54, 1.807) is 7.11 Å². The van der Waals surface area contributed by atoms with Gasteiger partial charge in [-0.25, -0.2) is 0 Å². The summed E-state index contributed by atoms with van der Waals surface area (Å²) in [5.41, 5.74) is 5.45. The Hall–Kier alpha value is -0.610. The van der Waals surface area contributed by atoms with Crippen LogP contribution in [0.25, 0.3) is 0 Å². The van der Waals surface area contributed by atoms with Gasteiger partial charge in [0.2, 0.25) is 5.91 Å². The molecule has 2 atom stereocenters. The fourth-order valence-electron chi connectivity index (χ4n) is 1.00. The average molecular weight is 216 g/mol. The number of carbonyl (C=O) groups excluding carboxylic acids is 1. The number of amides is 1. The topological polar surface area (TPSA) is 64.4 Å². The lowest BCUT2D eigenvalue weighted by atomic mass is 9.99. The minimum Gasteiger partial charge on any atom is -0.377 e. The molecule has 4 nitrogen and oxygen atoms in total. The van der Waals surface area contributed by atoms with Crippen molar-refractivity contribution < 1.29 is 9.53 Å². The van der Waals surface area contributed by atoms with Crippen LogP contribution in [-0.4, -0.2) is 31.2 Å².